The first kappa shape index (κ1) is 17.9. The number of sulfonamides is 1. The van der Waals surface area contributed by atoms with Crippen LogP contribution in [-0.2, 0) is 14.8 Å². The van der Waals surface area contributed by atoms with Crippen LogP contribution in [0.25, 0.3) is 5.57 Å². The number of hydrogen-bond acceptors (Lipinski definition) is 7. The van der Waals surface area contributed by atoms with Gasteiger partial charge < -0.3 is 10.4 Å². The maximum absolute atomic E-state index is 12.7. The molecule has 11 heteroatoms. The van der Waals surface area contributed by atoms with E-state index in [0.717, 1.165) is 18.4 Å². The number of nitrogens with zero attached hydrogens (tertiary/aromatic N) is 2. The molecule has 0 atom stereocenters. The fourth-order valence-electron chi connectivity index (χ4n) is 2.52. The number of anilines is 1. The van der Waals surface area contributed by atoms with Crippen molar-refractivity contribution in [3.05, 3.63) is 56.1 Å². The van der Waals surface area contributed by atoms with Gasteiger partial charge in [-0.3, -0.25) is 14.9 Å². The van der Waals surface area contributed by atoms with E-state index in [1.807, 2.05) is 0 Å². The maximum Gasteiger partial charge on any atom is 0.269 e. The first-order valence-corrected chi connectivity index (χ1v) is 9.58. The Balaban J connectivity index is 2.01. The first-order valence-electron chi connectivity index (χ1n) is 7.19. The highest BCUT2D eigenvalue weighted by Crippen LogP contribution is 2.37. The van der Waals surface area contributed by atoms with Gasteiger partial charge in [-0.1, -0.05) is 0 Å². The SMILES string of the molecule is Cc1cc([N+](=O)[O-])ccc1NC(=O)C1=C(O)N(C)S(=O)(=O)c2cscc21. The van der Waals surface area contributed by atoms with Gasteiger partial charge in [0.15, 0.2) is 0 Å². The van der Waals surface area contributed by atoms with Crippen molar-refractivity contribution in [3.63, 3.8) is 0 Å². The summed E-state index contributed by atoms with van der Waals surface area (Å²) in [6.07, 6.45) is 0. The second-order valence-electron chi connectivity index (χ2n) is 5.53. The van der Waals surface area contributed by atoms with Gasteiger partial charge in [0.1, 0.15) is 10.5 Å². The predicted molar refractivity (Wildman–Crippen MR) is 95.3 cm³/mol. The molecule has 1 aromatic carbocycles. The van der Waals surface area contributed by atoms with Gasteiger partial charge in [-0.05, 0) is 18.6 Å². The van der Waals surface area contributed by atoms with Crippen molar-refractivity contribution in [2.45, 2.75) is 11.8 Å². The predicted octanol–water partition coefficient (Wildman–Crippen LogP) is 2.46. The van der Waals surface area contributed by atoms with E-state index in [4.69, 9.17) is 0 Å². The summed E-state index contributed by atoms with van der Waals surface area (Å²) in [5, 5.41) is 26.5. The molecule has 0 saturated carbocycles. The first-order chi connectivity index (χ1) is 12.1. The molecule has 136 valence electrons. The summed E-state index contributed by atoms with van der Waals surface area (Å²) in [7, 11) is -2.76. The van der Waals surface area contributed by atoms with Crippen molar-refractivity contribution in [3.8, 4) is 0 Å². The van der Waals surface area contributed by atoms with Gasteiger partial charge in [0, 0.05) is 41.2 Å². The number of hydrogen-bond donors (Lipinski definition) is 2. The van der Waals surface area contributed by atoms with Gasteiger partial charge in [0.2, 0.25) is 5.88 Å². The van der Waals surface area contributed by atoms with Gasteiger partial charge >= 0.3 is 0 Å². The number of carbonyl (C=O) groups excluding carboxylic acids is 1. The highest BCUT2D eigenvalue weighted by Gasteiger charge is 2.38. The lowest BCUT2D eigenvalue weighted by molar-refractivity contribution is -0.384. The summed E-state index contributed by atoms with van der Waals surface area (Å²) in [4.78, 5) is 22.9. The molecule has 0 radical (unpaired) electrons. The Kier molecular flexibility index (Phi) is 4.20. The van der Waals surface area contributed by atoms with E-state index in [-0.39, 0.29) is 21.7 Å². The zero-order valence-corrected chi connectivity index (χ0v) is 15.2. The molecule has 1 aliphatic heterocycles. The Morgan fingerprint density at radius 3 is 2.65 bits per heavy atom. The summed E-state index contributed by atoms with van der Waals surface area (Å²) >= 11 is 1.09. The van der Waals surface area contributed by atoms with Crippen LogP contribution in [0, 0.1) is 17.0 Å². The maximum atomic E-state index is 12.7. The standard InChI is InChI=1S/C15H13N3O6S2/c1-8-5-9(18(21)22)3-4-11(8)16-14(19)13-10-6-25-7-12(10)26(23,24)17(2)15(13)20/h3-7,20H,1-2H3,(H,16,19). The summed E-state index contributed by atoms with van der Waals surface area (Å²) in [5.74, 6) is -1.41. The molecule has 0 bridgehead atoms. The number of aliphatic hydroxyl groups excluding tert-OH is 1. The third-order valence-corrected chi connectivity index (χ3v) is 6.63. The lowest BCUT2D eigenvalue weighted by atomic mass is 10.1. The molecule has 1 amide bonds. The van der Waals surface area contributed by atoms with Crippen LogP contribution in [0.4, 0.5) is 11.4 Å². The van der Waals surface area contributed by atoms with E-state index in [1.54, 1.807) is 6.92 Å². The lowest BCUT2D eigenvalue weighted by Crippen LogP contribution is -2.33. The van der Waals surface area contributed by atoms with Gasteiger partial charge in [-0.15, -0.1) is 0 Å². The van der Waals surface area contributed by atoms with Crippen LogP contribution in [0.1, 0.15) is 11.1 Å². The molecule has 0 fully saturated rings. The van der Waals surface area contributed by atoms with Crippen molar-refractivity contribution in [1.82, 2.24) is 4.31 Å². The number of thiophene rings is 1. The number of fused-ring (bicyclic) bond motifs is 1. The highest BCUT2D eigenvalue weighted by atomic mass is 32.2. The lowest BCUT2D eigenvalue weighted by Gasteiger charge is -2.25. The number of carbonyl (C=O) groups is 1. The minimum atomic E-state index is -3.91. The van der Waals surface area contributed by atoms with Gasteiger partial charge in [0.05, 0.1) is 4.92 Å². The molecule has 2 aromatic rings. The molecule has 9 nitrogen and oxygen atoms in total. The molecule has 0 spiro atoms. The third kappa shape index (κ3) is 2.70. The quantitative estimate of drug-likeness (QED) is 0.606. The highest BCUT2D eigenvalue weighted by molar-refractivity contribution is 7.89. The molecular formula is C15H13N3O6S2. The third-order valence-electron chi connectivity index (χ3n) is 3.95. The molecule has 3 rings (SSSR count). The van der Waals surface area contributed by atoms with Crippen molar-refractivity contribution >= 4 is 44.2 Å². The number of nitro benzene ring substituents is 1. The van der Waals surface area contributed by atoms with Gasteiger partial charge in [-0.2, -0.15) is 11.3 Å². The van der Waals surface area contributed by atoms with Crippen molar-refractivity contribution in [2.24, 2.45) is 0 Å². The Hall–Kier alpha value is -2.92. The summed E-state index contributed by atoms with van der Waals surface area (Å²) in [6, 6.07) is 3.92. The number of benzene rings is 1. The molecule has 0 saturated heterocycles. The monoisotopic (exact) mass is 395 g/mol. The number of amides is 1. The minimum Gasteiger partial charge on any atom is -0.493 e. The number of nitro groups is 1. The zero-order chi connectivity index (χ0) is 19.2. The largest absolute Gasteiger partial charge is 0.493 e. The molecule has 1 aliphatic rings. The topological polar surface area (TPSA) is 130 Å². The molecule has 2 N–H and O–H groups in total. The van der Waals surface area contributed by atoms with Crippen molar-refractivity contribution < 1.29 is 23.2 Å². The molecule has 1 aromatic heterocycles. The van der Waals surface area contributed by atoms with Crippen LogP contribution in [-0.4, -0.2) is 35.7 Å². The summed E-state index contributed by atoms with van der Waals surface area (Å²) in [5.41, 5.74) is 0.578. The zero-order valence-electron chi connectivity index (χ0n) is 13.6. The van der Waals surface area contributed by atoms with Gasteiger partial charge in [-0.25, -0.2) is 12.7 Å². The second kappa shape index (κ2) is 6.11. The van der Waals surface area contributed by atoms with E-state index in [0.29, 0.717) is 15.6 Å². The molecule has 26 heavy (non-hydrogen) atoms. The smallest absolute Gasteiger partial charge is 0.269 e. The second-order valence-corrected chi connectivity index (χ2v) is 8.21. The van der Waals surface area contributed by atoms with Crippen LogP contribution >= 0.6 is 11.3 Å². The Labute approximate surface area is 152 Å². The fraction of sp³-hybridized carbons (Fsp3) is 0.133. The Morgan fingerprint density at radius 2 is 2.04 bits per heavy atom. The molecule has 2 heterocycles. The average molecular weight is 395 g/mol. The molecule has 0 unspecified atom stereocenters. The van der Waals surface area contributed by atoms with E-state index in [2.05, 4.69) is 5.32 Å². The van der Waals surface area contributed by atoms with Crippen LogP contribution in [0.5, 0.6) is 0 Å². The Bertz CT molecular complexity index is 1070. The number of rotatable bonds is 3. The average Bonchev–Trinajstić information content (AvgIpc) is 3.05. The van der Waals surface area contributed by atoms with Crippen LogP contribution < -0.4 is 5.32 Å². The molecule has 0 aliphatic carbocycles. The summed E-state index contributed by atoms with van der Waals surface area (Å²) < 4.78 is 25.2. The van der Waals surface area contributed by atoms with E-state index in [1.165, 1.54) is 29.0 Å². The molecular weight excluding hydrogens is 382 g/mol. The van der Waals surface area contributed by atoms with Gasteiger partial charge in [0.25, 0.3) is 21.6 Å². The van der Waals surface area contributed by atoms with Crippen molar-refractivity contribution in [1.29, 1.82) is 0 Å². The van der Waals surface area contributed by atoms with Crippen LogP contribution in [0.2, 0.25) is 0 Å². The van der Waals surface area contributed by atoms with E-state index >= 15 is 0 Å². The van der Waals surface area contributed by atoms with Crippen LogP contribution in [0.15, 0.2) is 39.7 Å². The normalized spacial score (nSPS) is 15.5. The van der Waals surface area contributed by atoms with Crippen molar-refractivity contribution in [2.75, 3.05) is 12.4 Å². The minimum absolute atomic E-state index is 0.0617. The summed E-state index contributed by atoms with van der Waals surface area (Å²) in [6.45, 7) is 1.59. The van der Waals surface area contributed by atoms with E-state index in [9.17, 15) is 28.4 Å². The number of aryl methyl sites for hydroxylation is 1. The number of aliphatic hydroxyl groups is 1. The number of nitrogens with one attached hydrogen (secondary N) is 1. The van der Waals surface area contributed by atoms with E-state index < -0.39 is 26.7 Å². The van der Waals surface area contributed by atoms with Crippen LogP contribution in [0.3, 0.4) is 0 Å². The Morgan fingerprint density at radius 1 is 1.35 bits per heavy atom. The fourth-order valence-corrected chi connectivity index (χ4v) is 5.00. The number of non-ortho nitro benzene ring substituents is 1.